The van der Waals surface area contributed by atoms with E-state index in [0.717, 1.165) is 27.7 Å². The van der Waals surface area contributed by atoms with Crippen LogP contribution in [-0.2, 0) is 0 Å². The zero-order chi connectivity index (χ0) is 11.5. The zero-order valence-corrected chi connectivity index (χ0v) is 11.2. The molecule has 0 aliphatic rings. The van der Waals surface area contributed by atoms with Crippen LogP contribution in [0.25, 0.3) is 11.0 Å². The molecule has 16 heavy (non-hydrogen) atoms. The molecule has 0 saturated carbocycles. The van der Waals surface area contributed by atoms with E-state index >= 15 is 0 Å². The Labute approximate surface area is 108 Å². The summed E-state index contributed by atoms with van der Waals surface area (Å²) >= 11 is 9.13. The Bertz CT molecular complexity index is 504. The summed E-state index contributed by atoms with van der Waals surface area (Å²) < 4.78 is 0.935. The first kappa shape index (κ1) is 11.6. The van der Waals surface area contributed by atoms with Crippen LogP contribution in [0.5, 0.6) is 0 Å². The smallest absolute Gasteiger partial charge is 0.112 e. The Morgan fingerprint density at radius 2 is 2.25 bits per heavy atom. The number of pyridine rings is 2. The lowest BCUT2D eigenvalue weighted by Crippen LogP contribution is -2.20. The predicted octanol–water partition coefficient (Wildman–Crippen LogP) is 3.07. The normalized spacial score (nSPS) is 10.7. The Kier molecular flexibility index (Phi) is 3.61. The molecular formula is C11H11BrClN3. The molecule has 84 valence electrons. The lowest BCUT2D eigenvalue weighted by atomic mass is 10.2. The summed E-state index contributed by atoms with van der Waals surface area (Å²) in [6.07, 6.45) is 3.57. The monoisotopic (exact) mass is 299 g/mol. The van der Waals surface area contributed by atoms with Crippen molar-refractivity contribution in [2.45, 2.75) is 0 Å². The average Bonchev–Trinajstić information content (AvgIpc) is 2.28. The first-order valence-electron chi connectivity index (χ1n) is 4.89. The third-order valence-corrected chi connectivity index (χ3v) is 2.96. The number of nitrogens with zero attached hydrogens (tertiary/aromatic N) is 3. The molecule has 2 aromatic heterocycles. The molecule has 0 unspecified atom stereocenters. The largest absolute Gasteiger partial charge is 0.372 e. The van der Waals surface area contributed by atoms with E-state index in [2.05, 4.69) is 30.8 Å². The number of rotatable bonds is 3. The van der Waals surface area contributed by atoms with Gasteiger partial charge in [0.1, 0.15) is 5.52 Å². The van der Waals surface area contributed by atoms with Gasteiger partial charge in [-0.1, -0.05) is 0 Å². The van der Waals surface area contributed by atoms with Crippen molar-refractivity contribution in [2.24, 2.45) is 0 Å². The highest BCUT2D eigenvalue weighted by Gasteiger charge is 2.07. The molecule has 0 aromatic carbocycles. The number of hydrogen-bond donors (Lipinski definition) is 0. The third kappa shape index (κ3) is 2.28. The number of fused-ring (bicyclic) bond motifs is 1. The van der Waals surface area contributed by atoms with Gasteiger partial charge in [0.05, 0.1) is 11.2 Å². The molecule has 2 aromatic rings. The van der Waals surface area contributed by atoms with E-state index in [-0.39, 0.29) is 0 Å². The van der Waals surface area contributed by atoms with E-state index in [0.29, 0.717) is 5.88 Å². The maximum absolute atomic E-state index is 5.74. The Hall–Kier alpha value is -0.870. The predicted molar refractivity (Wildman–Crippen MR) is 71.2 cm³/mol. The lowest BCUT2D eigenvalue weighted by Gasteiger charge is -2.18. The van der Waals surface area contributed by atoms with Crippen LogP contribution in [0.1, 0.15) is 0 Å². The fourth-order valence-electron chi connectivity index (χ4n) is 1.55. The van der Waals surface area contributed by atoms with Crippen molar-refractivity contribution in [2.75, 3.05) is 24.4 Å². The van der Waals surface area contributed by atoms with Gasteiger partial charge in [0.2, 0.25) is 0 Å². The van der Waals surface area contributed by atoms with Crippen molar-refractivity contribution in [1.82, 2.24) is 9.97 Å². The van der Waals surface area contributed by atoms with Gasteiger partial charge >= 0.3 is 0 Å². The van der Waals surface area contributed by atoms with Crippen molar-refractivity contribution in [3.63, 3.8) is 0 Å². The Morgan fingerprint density at radius 3 is 3.00 bits per heavy atom. The van der Waals surface area contributed by atoms with Crippen LogP contribution in [0.3, 0.4) is 0 Å². The van der Waals surface area contributed by atoms with Crippen molar-refractivity contribution in [1.29, 1.82) is 0 Å². The maximum Gasteiger partial charge on any atom is 0.112 e. The van der Waals surface area contributed by atoms with Gasteiger partial charge in [-0.15, -0.1) is 11.6 Å². The van der Waals surface area contributed by atoms with Crippen molar-refractivity contribution in [3.8, 4) is 0 Å². The van der Waals surface area contributed by atoms with Crippen LogP contribution >= 0.6 is 27.5 Å². The molecule has 0 fully saturated rings. The molecule has 0 atom stereocenters. The van der Waals surface area contributed by atoms with E-state index in [1.807, 2.05) is 19.2 Å². The van der Waals surface area contributed by atoms with Crippen LogP contribution in [0.15, 0.2) is 29.0 Å². The zero-order valence-electron chi connectivity index (χ0n) is 8.82. The molecule has 2 heterocycles. The lowest BCUT2D eigenvalue weighted by molar-refractivity contribution is 0.975. The SMILES string of the molecule is CN(CCCl)c1ccnc2cc(Br)cnc12. The summed E-state index contributed by atoms with van der Waals surface area (Å²) in [6.45, 7) is 0.790. The molecule has 0 saturated heterocycles. The van der Waals surface area contributed by atoms with Crippen LogP contribution in [0.2, 0.25) is 0 Å². The minimum atomic E-state index is 0.594. The molecule has 2 rings (SSSR count). The number of aromatic nitrogens is 2. The Balaban J connectivity index is 2.53. The first-order valence-corrected chi connectivity index (χ1v) is 6.22. The molecule has 0 radical (unpaired) electrons. The highest BCUT2D eigenvalue weighted by molar-refractivity contribution is 9.10. The van der Waals surface area contributed by atoms with Crippen LogP contribution in [0.4, 0.5) is 5.69 Å². The summed E-state index contributed by atoms with van der Waals surface area (Å²) in [5.41, 5.74) is 2.84. The van der Waals surface area contributed by atoms with Crippen LogP contribution in [-0.4, -0.2) is 29.4 Å². The summed E-state index contributed by atoms with van der Waals surface area (Å²) in [7, 11) is 2.00. The van der Waals surface area contributed by atoms with Crippen LogP contribution in [0, 0.1) is 0 Å². The second kappa shape index (κ2) is 4.97. The fourth-order valence-corrected chi connectivity index (χ4v) is 2.12. The van der Waals surface area contributed by atoms with Gasteiger partial charge < -0.3 is 4.90 Å². The minimum Gasteiger partial charge on any atom is -0.372 e. The molecule has 0 N–H and O–H groups in total. The molecule has 0 bridgehead atoms. The minimum absolute atomic E-state index is 0.594. The van der Waals surface area contributed by atoms with E-state index < -0.39 is 0 Å². The van der Waals surface area contributed by atoms with Crippen LogP contribution < -0.4 is 4.90 Å². The second-order valence-corrected chi connectivity index (χ2v) is 4.76. The van der Waals surface area contributed by atoms with Gasteiger partial charge in [0.25, 0.3) is 0 Å². The molecular weight excluding hydrogens is 289 g/mol. The summed E-state index contributed by atoms with van der Waals surface area (Å²) in [5.74, 6) is 0.594. The highest BCUT2D eigenvalue weighted by Crippen LogP contribution is 2.24. The highest BCUT2D eigenvalue weighted by atomic mass is 79.9. The molecule has 0 amide bonds. The Morgan fingerprint density at radius 1 is 1.44 bits per heavy atom. The molecule has 3 nitrogen and oxygen atoms in total. The summed E-state index contributed by atoms with van der Waals surface area (Å²) in [5, 5.41) is 0. The van der Waals surface area contributed by atoms with Gasteiger partial charge in [-0.2, -0.15) is 0 Å². The molecule has 5 heteroatoms. The fraction of sp³-hybridized carbons (Fsp3) is 0.273. The van der Waals surface area contributed by atoms with E-state index in [9.17, 15) is 0 Å². The molecule has 0 spiro atoms. The molecule has 0 aliphatic carbocycles. The molecule has 0 aliphatic heterocycles. The topological polar surface area (TPSA) is 29.0 Å². The van der Waals surface area contributed by atoms with Gasteiger partial charge in [0, 0.05) is 36.3 Å². The summed E-state index contributed by atoms with van der Waals surface area (Å²) in [6, 6.07) is 3.91. The van der Waals surface area contributed by atoms with Crippen molar-refractivity contribution >= 4 is 44.3 Å². The maximum atomic E-state index is 5.74. The number of halogens is 2. The van der Waals surface area contributed by atoms with E-state index in [1.54, 1.807) is 12.4 Å². The third-order valence-electron chi connectivity index (χ3n) is 2.35. The number of hydrogen-bond acceptors (Lipinski definition) is 3. The van der Waals surface area contributed by atoms with Gasteiger partial charge in [-0.25, -0.2) is 0 Å². The van der Waals surface area contributed by atoms with E-state index in [1.165, 1.54) is 0 Å². The standard InChI is InChI=1S/C11H11BrClN3/c1-16(5-3-13)10-2-4-14-9-6-8(12)7-15-11(9)10/h2,4,6-7H,3,5H2,1H3. The van der Waals surface area contributed by atoms with Gasteiger partial charge in [0.15, 0.2) is 0 Å². The quantitative estimate of drug-likeness (QED) is 0.816. The first-order chi connectivity index (χ1) is 7.72. The van der Waals surface area contributed by atoms with Gasteiger partial charge in [-0.3, -0.25) is 9.97 Å². The summed E-state index contributed by atoms with van der Waals surface area (Å²) in [4.78, 5) is 10.8. The van der Waals surface area contributed by atoms with Crippen molar-refractivity contribution in [3.05, 3.63) is 29.0 Å². The number of anilines is 1. The van der Waals surface area contributed by atoms with E-state index in [4.69, 9.17) is 11.6 Å². The average molecular weight is 301 g/mol. The number of alkyl halides is 1. The van der Waals surface area contributed by atoms with Gasteiger partial charge in [-0.05, 0) is 28.1 Å². The van der Waals surface area contributed by atoms with Crippen molar-refractivity contribution < 1.29 is 0 Å². The second-order valence-electron chi connectivity index (χ2n) is 3.46.